The third-order valence-electron chi connectivity index (χ3n) is 7.05. The normalized spacial score (nSPS) is 17.5. The third-order valence-corrected chi connectivity index (χ3v) is 7.05. The van der Waals surface area contributed by atoms with Gasteiger partial charge >= 0.3 is 0 Å². The zero-order chi connectivity index (χ0) is 22.7. The van der Waals surface area contributed by atoms with E-state index in [1.165, 1.54) is 0 Å². The lowest BCUT2D eigenvalue weighted by atomic mass is 9.58. The Morgan fingerprint density at radius 1 is 0.559 bits per heavy atom. The predicted octanol–water partition coefficient (Wildman–Crippen LogP) is 6.19. The molecule has 0 saturated carbocycles. The molecule has 5 aromatic rings. The van der Waals surface area contributed by atoms with Gasteiger partial charge in [0.15, 0.2) is 5.78 Å². The number of hydrogen-bond donors (Lipinski definition) is 0. The summed E-state index contributed by atoms with van der Waals surface area (Å²) < 4.78 is 0. The number of hydrogen-bond acceptors (Lipinski definition) is 4. The molecule has 4 heteroatoms. The Hall–Kier alpha value is -4.57. The lowest BCUT2D eigenvalue weighted by Gasteiger charge is -2.48. The highest BCUT2D eigenvalue weighted by molar-refractivity contribution is 6.14. The minimum Gasteiger partial charge on any atom is -0.308 e. The number of carbonyl (C=O) groups is 1. The molecule has 0 saturated heterocycles. The van der Waals surface area contributed by atoms with Crippen molar-refractivity contribution in [3.8, 4) is 0 Å². The van der Waals surface area contributed by atoms with E-state index in [0.29, 0.717) is 5.56 Å². The summed E-state index contributed by atoms with van der Waals surface area (Å²) in [5.41, 5.74) is 7.94. The number of aromatic nitrogens is 2. The maximum absolute atomic E-state index is 13.6. The topological polar surface area (TPSA) is 46.1 Å². The van der Waals surface area contributed by atoms with Gasteiger partial charge in [0.2, 0.25) is 0 Å². The van der Waals surface area contributed by atoms with Crippen LogP contribution in [0.15, 0.2) is 116 Å². The van der Waals surface area contributed by atoms with Crippen molar-refractivity contribution in [3.63, 3.8) is 0 Å². The fourth-order valence-corrected chi connectivity index (χ4v) is 5.77. The molecule has 0 bridgehead atoms. The van der Waals surface area contributed by atoms with E-state index in [1.807, 2.05) is 61.1 Å². The van der Waals surface area contributed by atoms with E-state index >= 15 is 0 Å². The second kappa shape index (κ2) is 6.96. The van der Waals surface area contributed by atoms with Gasteiger partial charge in [-0.3, -0.25) is 14.8 Å². The molecular weight excluding hydrogens is 418 g/mol. The maximum atomic E-state index is 13.6. The van der Waals surface area contributed by atoms with Crippen LogP contribution in [0.2, 0.25) is 0 Å². The number of ketones is 1. The molecule has 3 aromatic carbocycles. The first-order valence-electron chi connectivity index (χ1n) is 11.3. The minimum absolute atomic E-state index is 0.0391. The first-order chi connectivity index (χ1) is 16.8. The standard InChI is InChI=1S/C30H19N3O/c34-29-21-10-4-5-11-23(21)30(26-18-31-16-14-22(26)29)24-12-6-7-13-27(24)33(20-8-2-1-3-9-20)28-19-32-17-15-25(28)30/h1-19H. The van der Waals surface area contributed by atoms with Gasteiger partial charge in [-0.2, -0.15) is 0 Å². The predicted molar refractivity (Wildman–Crippen MR) is 132 cm³/mol. The van der Waals surface area contributed by atoms with Crippen LogP contribution in [0.3, 0.4) is 0 Å². The van der Waals surface area contributed by atoms with Gasteiger partial charge in [-0.25, -0.2) is 0 Å². The van der Waals surface area contributed by atoms with E-state index in [-0.39, 0.29) is 5.78 Å². The Morgan fingerprint density at radius 3 is 2.09 bits per heavy atom. The number of fused-ring (bicyclic) bond motifs is 8. The number of carbonyl (C=O) groups excluding carboxylic acids is 1. The van der Waals surface area contributed by atoms with E-state index in [9.17, 15) is 4.79 Å². The van der Waals surface area contributed by atoms with Crippen LogP contribution in [0, 0.1) is 0 Å². The number of nitrogens with zero attached hydrogens (tertiary/aromatic N) is 3. The molecule has 34 heavy (non-hydrogen) atoms. The van der Waals surface area contributed by atoms with Gasteiger partial charge in [-0.1, -0.05) is 60.7 Å². The third kappa shape index (κ3) is 2.29. The Morgan fingerprint density at radius 2 is 1.21 bits per heavy atom. The lowest BCUT2D eigenvalue weighted by molar-refractivity contribution is 0.103. The Balaban J connectivity index is 1.69. The largest absolute Gasteiger partial charge is 0.308 e. The minimum atomic E-state index is -0.686. The van der Waals surface area contributed by atoms with E-state index in [4.69, 9.17) is 0 Å². The Bertz CT molecular complexity index is 1490. The van der Waals surface area contributed by atoms with Crippen molar-refractivity contribution < 1.29 is 4.79 Å². The number of anilines is 3. The number of pyridine rings is 2. The van der Waals surface area contributed by atoms with E-state index in [2.05, 4.69) is 63.4 Å². The molecule has 7 rings (SSSR count). The highest BCUT2D eigenvalue weighted by atomic mass is 16.1. The second-order valence-electron chi connectivity index (χ2n) is 8.63. The molecule has 160 valence electrons. The summed E-state index contributed by atoms with van der Waals surface area (Å²) in [5, 5.41) is 0. The van der Waals surface area contributed by atoms with E-state index in [0.717, 1.165) is 44.9 Å². The molecule has 0 amide bonds. The van der Waals surface area contributed by atoms with Crippen molar-refractivity contribution >= 4 is 22.8 Å². The molecule has 0 radical (unpaired) electrons. The van der Waals surface area contributed by atoms with Crippen LogP contribution in [0.1, 0.15) is 38.2 Å². The number of benzene rings is 3. The van der Waals surface area contributed by atoms with Gasteiger partial charge in [-0.15, -0.1) is 0 Å². The summed E-state index contributed by atoms with van der Waals surface area (Å²) in [6, 6.07) is 30.7. The van der Waals surface area contributed by atoms with Crippen molar-refractivity contribution in [2.45, 2.75) is 5.41 Å². The van der Waals surface area contributed by atoms with Crippen LogP contribution < -0.4 is 4.90 Å². The van der Waals surface area contributed by atoms with Crippen molar-refractivity contribution in [2.75, 3.05) is 4.90 Å². The van der Waals surface area contributed by atoms with Crippen LogP contribution in [0.4, 0.5) is 17.1 Å². The Labute approximate surface area is 197 Å². The van der Waals surface area contributed by atoms with E-state index in [1.54, 1.807) is 6.20 Å². The average molecular weight is 438 g/mol. The monoisotopic (exact) mass is 437 g/mol. The summed E-state index contributed by atoms with van der Waals surface area (Å²) in [5.74, 6) is 0.0391. The van der Waals surface area contributed by atoms with Crippen molar-refractivity contribution in [3.05, 3.63) is 149 Å². The summed E-state index contributed by atoms with van der Waals surface area (Å²) in [4.78, 5) is 24.9. The van der Waals surface area contributed by atoms with E-state index < -0.39 is 5.41 Å². The number of para-hydroxylation sites is 2. The molecule has 2 aromatic heterocycles. The van der Waals surface area contributed by atoms with Crippen molar-refractivity contribution in [1.29, 1.82) is 0 Å². The van der Waals surface area contributed by atoms with Crippen molar-refractivity contribution in [1.82, 2.24) is 9.97 Å². The zero-order valence-corrected chi connectivity index (χ0v) is 18.2. The Kier molecular flexibility index (Phi) is 3.88. The SMILES string of the molecule is O=C1c2ccccc2C2(c3cnccc31)c1ccccc1N(c1ccccc1)c1cnccc12. The first-order valence-corrected chi connectivity index (χ1v) is 11.3. The summed E-state index contributed by atoms with van der Waals surface area (Å²) in [6.07, 6.45) is 7.33. The highest BCUT2D eigenvalue weighted by Crippen LogP contribution is 2.59. The van der Waals surface area contributed by atoms with Crippen LogP contribution in [0.25, 0.3) is 0 Å². The molecule has 1 unspecified atom stereocenters. The van der Waals surface area contributed by atoms with Crippen LogP contribution >= 0.6 is 0 Å². The molecule has 1 aliphatic carbocycles. The highest BCUT2D eigenvalue weighted by Gasteiger charge is 2.51. The zero-order valence-electron chi connectivity index (χ0n) is 18.2. The summed E-state index contributed by atoms with van der Waals surface area (Å²) in [6.45, 7) is 0. The molecule has 1 aliphatic heterocycles. The average Bonchev–Trinajstić information content (AvgIpc) is 2.91. The second-order valence-corrected chi connectivity index (χ2v) is 8.63. The molecule has 1 atom stereocenters. The van der Waals surface area contributed by atoms with Gasteiger partial charge in [0.1, 0.15) is 0 Å². The summed E-state index contributed by atoms with van der Waals surface area (Å²) >= 11 is 0. The lowest BCUT2D eigenvalue weighted by Crippen LogP contribution is -2.42. The van der Waals surface area contributed by atoms with Crippen LogP contribution in [-0.2, 0) is 5.41 Å². The van der Waals surface area contributed by atoms with Gasteiger partial charge in [0, 0.05) is 41.0 Å². The van der Waals surface area contributed by atoms with Crippen LogP contribution in [-0.4, -0.2) is 15.8 Å². The smallest absolute Gasteiger partial charge is 0.193 e. The molecule has 0 N–H and O–H groups in total. The molecule has 2 aliphatic rings. The molecule has 1 spiro atoms. The summed E-state index contributed by atoms with van der Waals surface area (Å²) in [7, 11) is 0. The number of rotatable bonds is 1. The quantitative estimate of drug-likeness (QED) is 0.307. The molecule has 3 heterocycles. The molecular formula is C30H19N3O. The van der Waals surface area contributed by atoms with Gasteiger partial charge in [0.05, 0.1) is 23.0 Å². The van der Waals surface area contributed by atoms with Crippen molar-refractivity contribution in [2.24, 2.45) is 0 Å². The molecule has 0 fully saturated rings. The fraction of sp³-hybridized carbons (Fsp3) is 0.0333. The van der Waals surface area contributed by atoms with Crippen LogP contribution in [0.5, 0.6) is 0 Å². The molecule has 4 nitrogen and oxygen atoms in total. The first kappa shape index (κ1) is 18.9. The van der Waals surface area contributed by atoms with Gasteiger partial charge in [0.25, 0.3) is 0 Å². The fourth-order valence-electron chi connectivity index (χ4n) is 5.77. The maximum Gasteiger partial charge on any atom is 0.193 e. The van der Waals surface area contributed by atoms with Gasteiger partial charge < -0.3 is 4.90 Å². The van der Waals surface area contributed by atoms with Gasteiger partial charge in [-0.05, 0) is 47.0 Å².